The SMILES string of the molecule is CSC(CO)C(C)NCc1sccc1N. The second kappa shape index (κ2) is 6.37. The van der Waals surface area contributed by atoms with Crippen molar-refractivity contribution in [3.8, 4) is 0 Å². The molecule has 1 aromatic rings. The molecular weight excluding hydrogens is 228 g/mol. The summed E-state index contributed by atoms with van der Waals surface area (Å²) in [7, 11) is 0. The topological polar surface area (TPSA) is 58.3 Å². The minimum absolute atomic E-state index is 0.204. The Morgan fingerprint density at radius 3 is 2.87 bits per heavy atom. The van der Waals surface area contributed by atoms with Crippen LogP contribution in [0.3, 0.4) is 0 Å². The molecule has 0 amide bonds. The molecule has 0 aliphatic heterocycles. The van der Waals surface area contributed by atoms with Gasteiger partial charge in [0.25, 0.3) is 0 Å². The molecule has 4 N–H and O–H groups in total. The predicted molar refractivity (Wildman–Crippen MR) is 69.4 cm³/mol. The first-order chi connectivity index (χ1) is 7.19. The summed E-state index contributed by atoms with van der Waals surface area (Å²) in [6.07, 6.45) is 2.01. The van der Waals surface area contributed by atoms with E-state index in [-0.39, 0.29) is 17.9 Å². The van der Waals surface area contributed by atoms with Crippen molar-refractivity contribution in [3.05, 3.63) is 16.3 Å². The number of thioether (sulfide) groups is 1. The van der Waals surface area contributed by atoms with E-state index < -0.39 is 0 Å². The van der Waals surface area contributed by atoms with Gasteiger partial charge in [-0.05, 0) is 24.6 Å². The fourth-order valence-corrected chi connectivity index (χ4v) is 2.72. The molecule has 0 aliphatic rings. The standard InChI is InChI=1S/C10H18N2OS2/c1-7(10(6-13)14-2)12-5-9-8(11)3-4-15-9/h3-4,7,10,12-13H,5-6,11H2,1-2H3. The van der Waals surface area contributed by atoms with Gasteiger partial charge < -0.3 is 16.2 Å². The average Bonchev–Trinajstić information content (AvgIpc) is 2.63. The zero-order valence-electron chi connectivity index (χ0n) is 9.06. The molecule has 5 heteroatoms. The molecule has 0 bridgehead atoms. The molecule has 0 spiro atoms. The highest BCUT2D eigenvalue weighted by Gasteiger charge is 2.14. The van der Waals surface area contributed by atoms with Gasteiger partial charge in [-0.1, -0.05) is 0 Å². The molecule has 1 rings (SSSR count). The summed E-state index contributed by atoms with van der Waals surface area (Å²) < 4.78 is 0. The Hall–Kier alpha value is -0.230. The van der Waals surface area contributed by atoms with Crippen LogP contribution in [-0.4, -0.2) is 29.3 Å². The van der Waals surface area contributed by atoms with Crippen molar-refractivity contribution in [2.75, 3.05) is 18.6 Å². The van der Waals surface area contributed by atoms with Crippen molar-refractivity contribution < 1.29 is 5.11 Å². The highest BCUT2D eigenvalue weighted by molar-refractivity contribution is 7.99. The van der Waals surface area contributed by atoms with Gasteiger partial charge in [-0.25, -0.2) is 0 Å². The van der Waals surface area contributed by atoms with Crippen LogP contribution in [-0.2, 0) is 6.54 Å². The minimum atomic E-state index is 0.204. The van der Waals surface area contributed by atoms with E-state index in [4.69, 9.17) is 10.8 Å². The van der Waals surface area contributed by atoms with Crippen molar-refractivity contribution in [1.29, 1.82) is 0 Å². The number of anilines is 1. The number of hydrogen-bond donors (Lipinski definition) is 3. The summed E-state index contributed by atoms with van der Waals surface area (Å²) in [5.74, 6) is 0. The summed E-state index contributed by atoms with van der Waals surface area (Å²) >= 11 is 3.34. The van der Waals surface area contributed by atoms with Gasteiger partial charge in [0.1, 0.15) is 0 Å². The lowest BCUT2D eigenvalue weighted by Crippen LogP contribution is -2.36. The molecule has 3 nitrogen and oxygen atoms in total. The highest BCUT2D eigenvalue weighted by atomic mass is 32.2. The van der Waals surface area contributed by atoms with Crippen LogP contribution in [0.15, 0.2) is 11.4 Å². The Kier molecular flexibility index (Phi) is 5.45. The van der Waals surface area contributed by atoms with Crippen molar-refractivity contribution in [2.24, 2.45) is 0 Å². The lowest BCUT2D eigenvalue weighted by atomic mass is 10.2. The van der Waals surface area contributed by atoms with E-state index in [0.29, 0.717) is 0 Å². The molecule has 86 valence electrons. The molecule has 0 aliphatic carbocycles. The van der Waals surface area contributed by atoms with Crippen molar-refractivity contribution in [3.63, 3.8) is 0 Å². The number of nitrogens with one attached hydrogen (secondary N) is 1. The second-order valence-electron chi connectivity index (χ2n) is 3.43. The summed E-state index contributed by atoms with van der Waals surface area (Å²) in [6, 6.07) is 2.20. The van der Waals surface area contributed by atoms with Crippen molar-refractivity contribution in [2.45, 2.75) is 24.8 Å². The van der Waals surface area contributed by atoms with E-state index in [2.05, 4.69) is 12.2 Å². The van der Waals surface area contributed by atoms with Gasteiger partial charge in [-0.3, -0.25) is 0 Å². The minimum Gasteiger partial charge on any atom is -0.398 e. The summed E-state index contributed by atoms with van der Waals surface area (Å²) in [4.78, 5) is 1.17. The molecule has 0 radical (unpaired) electrons. The molecular formula is C10H18N2OS2. The fourth-order valence-electron chi connectivity index (χ4n) is 1.32. The van der Waals surface area contributed by atoms with E-state index >= 15 is 0 Å². The Bertz CT molecular complexity index is 287. The Labute approximate surface area is 99.1 Å². The Morgan fingerprint density at radius 1 is 1.67 bits per heavy atom. The van der Waals surface area contributed by atoms with Gasteiger partial charge in [-0.2, -0.15) is 11.8 Å². The van der Waals surface area contributed by atoms with Gasteiger partial charge in [0.15, 0.2) is 0 Å². The van der Waals surface area contributed by atoms with Crippen molar-refractivity contribution >= 4 is 28.8 Å². The van der Waals surface area contributed by atoms with E-state index in [0.717, 1.165) is 12.2 Å². The van der Waals surface area contributed by atoms with Gasteiger partial charge in [0, 0.05) is 28.4 Å². The average molecular weight is 246 g/mol. The number of aliphatic hydroxyl groups is 1. The van der Waals surface area contributed by atoms with Crippen LogP contribution in [0.2, 0.25) is 0 Å². The molecule has 0 fully saturated rings. The highest BCUT2D eigenvalue weighted by Crippen LogP contribution is 2.19. The van der Waals surface area contributed by atoms with E-state index in [1.165, 1.54) is 4.88 Å². The fraction of sp³-hybridized carbons (Fsp3) is 0.600. The van der Waals surface area contributed by atoms with Crippen LogP contribution in [0.4, 0.5) is 5.69 Å². The maximum Gasteiger partial charge on any atom is 0.0564 e. The Morgan fingerprint density at radius 2 is 2.40 bits per heavy atom. The molecule has 0 saturated heterocycles. The van der Waals surface area contributed by atoms with Gasteiger partial charge in [0.2, 0.25) is 0 Å². The normalized spacial score (nSPS) is 15.1. The Balaban J connectivity index is 2.40. The largest absolute Gasteiger partial charge is 0.398 e. The molecule has 1 aromatic heterocycles. The van der Waals surface area contributed by atoms with Crippen LogP contribution in [0, 0.1) is 0 Å². The third kappa shape index (κ3) is 3.68. The van der Waals surface area contributed by atoms with Crippen molar-refractivity contribution in [1.82, 2.24) is 5.32 Å². The zero-order valence-corrected chi connectivity index (χ0v) is 10.7. The predicted octanol–water partition coefficient (Wildman–Crippen LogP) is 1.53. The third-order valence-corrected chi connectivity index (χ3v) is 4.50. The molecule has 2 atom stereocenters. The maximum atomic E-state index is 9.13. The number of thiophene rings is 1. The first kappa shape index (κ1) is 12.8. The number of nitrogens with two attached hydrogens (primary N) is 1. The first-order valence-electron chi connectivity index (χ1n) is 4.88. The van der Waals surface area contributed by atoms with E-state index in [1.807, 2.05) is 17.7 Å². The number of hydrogen-bond acceptors (Lipinski definition) is 5. The molecule has 0 aromatic carbocycles. The van der Waals surface area contributed by atoms with Gasteiger partial charge in [-0.15, -0.1) is 11.3 Å². The maximum absolute atomic E-state index is 9.13. The monoisotopic (exact) mass is 246 g/mol. The van der Waals surface area contributed by atoms with Crippen LogP contribution >= 0.6 is 23.1 Å². The van der Waals surface area contributed by atoms with Crippen LogP contribution in [0.25, 0.3) is 0 Å². The lowest BCUT2D eigenvalue weighted by molar-refractivity contribution is 0.276. The van der Waals surface area contributed by atoms with E-state index in [1.54, 1.807) is 23.1 Å². The number of rotatable bonds is 6. The number of nitrogen functional groups attached to an aromatic ring is 1. The van der Waals surface area contributed by atoms with Crippen LogP contribution in [0.1, 0.15) is 11.8 Å². The second-order valence-corrected chi connectivity index (χ2v) is 5.50. The molecule has 0 saturated carbocycles. The molecule has 15 heavy (non-hydrogen) atoms. The quantitative estimate of drug-likeness (QED) is 0.712. The van der Waals surface area contributed by atoms with Crippen LogP contribution < -0.4 is 11.1 Å². The third-order valence-electron chi connectivity index (χ3n) is 2.40. The summed E-state index contributed by atoms with van der Waals surface area (Å²) in [5.41, 5.74) is 6.64. The lowest BCUT2D eigenvalue weighted by Gasteiger charge is -2.21. The van der Waals surface area contributed by atoms with E-state index in [9.17, 15) is 0 Å². The van der Waals surface area contributed by atoms with Crippen LogP contribution in [0.5, 0.6) is 0 Å². The molecule has 2 unspecified atom stereocenters. The van der Waals surface area contributed by atoms with Gasteiger partial charge in [0.05, 0.1) is 6.61 Å². The zero-order chi connectivity index (χ0) is 11.3. The smallest absolute Gasteiger partial charge is 0.0564 e. The summed E-state index contributed by atoms with van der Waals surface area (Å²) in [5, 5.41) is 14.7. The molecule has 1 heterocycles. The first-order valence-corrected chi connectivity index (χ1v) is 7.04. The van der Waals surface area contributed by atoms with Gasteiger partial charge >= 0.3 is 0 Å². The number of aliphatic hydroxyl groups excluding tert-OH is 1. The summed E-state index contributed by atoms with van der Waals surface area (Å²) in [6.45, 7) is 3.07.